The van der Waals surface area contributed by atoms with Crippen LogP contribution in [-0.4, -0.2) is 27.5 Å². The number of aromatic nitrogens is 2. The summed E-state index contributed by atoms with van der Waals surface area (Å²) in [6, 6.07) is 5.55. The Morgan fingerprint density at radius 1 is 1.52 bits per heavy atom. The summed E-state index contributed by atoms with van der Waals surface area (Å²) in [5.74, 6) is 0.249. The van der Waals surface area contributed by atoms with E-state index in [-0.39, 0.29) is 11.6 Å². The highest BCUT2D eigenvalue weighted by Crippen LogP contribution is 2.35. The predicted molar refractivity (Wildman–Crippen MR) is 87.5 cm³/mol. The lowest BCUT2D eigenvalue weighted by Crippen LogP contribution is -2.10. The number of aromatic carboxylic acids is 1. The van der Waals surface area contributed by atoms with E-state index >= 15 is 0 Å². The Hall–Kier alpha value is -2.21. The second-order valence-electron chi connectivity index (χ2n) is 5.33. The molecule has 3 rings (SSSR count). The molecule has 0 bridgehead atoms. The van der Waals surface area contributed by atoms with E-state index in [2.05, 4.69) is 10.4 Å². The Bertz CT molecular complexity index is 757. The van der Waals surface area contributed by atoms with E-state index in [4.69, 9.17) is 16.3 Å². The summed E-state index contributed by atoms with van der Waals surface area (Å²) in [5, 5.41) is 17.6. The van der Waals surface area contributed by atoms with Gasteiger partial charge in [0.25, 0.3) is 0 Å². The molecule has 6 nitrogen and oxygen atoms in total. The van der Waals surface area contributed by atoms with Gasteiger partial charge in [0, 0.05) is 0 Å². The Labute approximate surface area is 139 Å². The lowest BCUT2D eigenvalue weighted by molar-refractivity contribution is 0.0697. The molecular weight excluding hydrogens is 318 g/mol. The summed E-state index contributed by atoms with van der Waals surface area (Å²) >= 11 is 6.23. The van der Waals surface area contributed by atoms with Crippen LogP contribution in [0.15, 0.2) is 18.2 Å². The van der Waals surface area contributed by atoms with Gasteiger partial charge in [-0.2, -0.15) is 5.10 Å². The number of fused-ring (bicyclic) bond motifs is 1. The number of nitrogens with one attached hydrogen (secondary N) is 1. The highest BCUT2D eigenvalue weighted by molar-refractivity contribution is 6.32. The fourth-order valence-corrected chi connectivity index (χ4v) is 3.08. The van der Waals surface area contributed by atoms with Crippen LogP contribution >= 0.6 is 11.6 Å². The highest BCUT2D eigenvalue weighted by atomic mass is 35.5. The second-order valence-corrected chi connectivity index (χ2v) is 5.74. The second kappa shape index (κ2) is 6.12. The predicted octanol–water partition coefficient (Wildman–Crippen LogP) is 3.36. The lowest BCUT2D eigenvalue weighted by atomic mass is 10.1. The molecule has 1 atom stereocenters. The van der Waals surface area contributed by atoms with Gasteiger partial charge in [0.1, 0.15) is 17.1 Å². The summed E-state index contributed by atoms with van der Waals surface area (Å²) in [5.41, 5.74) is 1.83. The standard InChI is InChI=1S/C16H18ClN3O3/c1-3-11-14(16(21)22)15-18-12(8-20(15)19-11)9-5-6-13(23-4-2)10(17)7-9/h5-7,12,18H,3-4,8H2,1-2H3,(H,21,22)/t12-/m0/s1. The number of halogens is 1. The summed E-state index contributed by atoms with van der Waals surface area (Å²) in [6.07, 6.45) is 0.586. The minimum atomic E-state index is -0.957. The Morgan fingerprint density at radius 3 is 2.91 bits per heavy atom. The SMILES string of the molecule is CCOc1ccc([C@@H]2Cn3nc(CC)c(C(=O)O)c3N2)cc1Cl. The molecular formula is C16H18ClN3O3. The molecule has 0 amide bonds. The van der Waals surface area contributed by atoms with Crippen LogP contribution in [0.4, 0.5) is 5.82 Å². The number of anilines is 1. The summed E-state index contributed by atoms with van der Waals surface area (Å²) in [7, 11) is 0. The number of benzene rings is 1. The minimum Gasteiger partial charge on any atom is -0.492 e. The van der Waals surface area contributed by atoms with Gasteiger partial charge in [0.2, 0.25) is 0 Å². The van der Waals surface area contributed by atoms with Gasteiger partial charge in [-0.3, -0.25) is 0 Å². The van der Waals surface area contributed by atoms with Crippen LogP contribution in [0.3, 0.4) is 0 Å². The molecule has 7 heteroatoms. The first kappa shape index (κ1) is 15.7. The van der Waals surface area contributed by atoms with Crippen molar-refractivity contribution in [1.29, 1.82) is 0 Å². The maximum atomic E-state index is 11.5. The van der Waals surface area contributed by atoms with Crippen molar-refractivity contribution >= 4 is 23.4 Å². The molecule has 1 aromatic carbocycles. The molecule has 0 spiro atoms. The molecule has 1 aromatic heterocycles. The van der Waals surface area contributed by atoms with E-state index in [1.165, 1.54) is 0 Å². The topological polar surface area (TPSA) is 76.4 Å². The number of hydrogen-bond donors (Lipinski definition) is 2. The minimum absolute atomic E-state index is 0.0605. The number of carboxylic acids is 1. The fraction of sp³-hybridized carbons (Fsp3) is 0.375. The Morgan fingerprint density at radius 2 is 2.30 bits per heavy atom. The van der Waals surface area contributed by atoms with Crippen LogP contribution < -0.4 is 10.1 Å². The van der Waals surface area contributed by atoms with E-state index < -0.39 is 5.97 Å². The van der Waals surface area contributed by atoms with Gasteiger partial charge in [-0.25, -0.2) is 9.48 Å². The Balaban J connectivity index is 1.88. The largest absolute Gasteiger partial charge is 0.492 e. The number of nitrogens with zero attached hydrogens (tertiary/aromatic N) is 2. The zero-order chi connectivity index (χ0) is 16.6. The molecule has 1 aliphatic rings. The maximum Gasteiger partial charge on any atom is 0.341 e. The molecule has 0 unspecified atom stereocenters. The number of carboxylic acid groups (broad SMARTS) is 1. The number of rotatable bonds is 5. The smallest absolute Gasteiger partial charge is 0.341 e. The van der Waals surface area contributed by atoms with Crippen molar-refractivity contribution in [3.63, 3.8) is 0 Å². The van der Waals surface area contributed by atoms with Crippen LogP contribution in [0.1, 0.15) is 41.5 Å². The van der Waals surface area contributed by atoms with E-state index in [1.54, 1.807) is 4.68 Å². The third-order valence-corrected chi connectivity index (χ3v) is 4.19. The molecule has 0 radical (unpaired) electrons. The maximum absolute atomic E-state index is 11.5. The van der Waals surface area contributed by atoms with Gasteiger partial charge in [0.15, 0.2) is 0 Å². The van der Waals surface area contributed by atoms with Crippen molar-refractivity contribution in [3.8, 4) is 5.75 Å². The molecule has 0 saturated carbocycles. The summed E-state index contributed by atoms with van der Waals surface area (Å²) < 4.78 is 7.15. The number of carbonyl (C=O) groups is 1. The zero-order valence-corrected chi connectivity index (χ0v) is 13.7. The highest BCUT2D eigenvalue weighted by Gasteiger charge is 2.31. The monoisotopic (exact) mass is 335 g/mol. The van der Waals surface area contributed by atoms with Crippen LogP contribution in [0, 0.1) is 0 Å². The molecule has 0 aliphatic carbocycles. The quantitative estimate of drug-likeness (QED) is 0.876. The van der Waals surface area contributed by atoms with Gasteiger partial charge < -0.3 is 15.2 Å². The van der Waals surface area contributed by atoms with Crippen molar-refractivity contribution in [1.82, 2.24) is 9.78 Å². The van der Waals surface area contributed by atoms with Crippen molar-refractivity contribution in [2.24, 2.45) is 0 Å². The number of aryl methyl sites for hydroxylation is 1. The van der Waals surface area contributed by atoms with Gasteiger partial charge in [-0.1, -0.05) is 24.6 Å². The molecule has 23 heavy (non-hydrogen) atoms. The third kappa shape index (κ3) is 2.74. The zero-order valence-electron chi connectivity index (χ0n) is 13.0. The first-order chi connectivity index (χ1) is 11.0. The average molecular weight is 336 g/mol. The first-order valence-electron chi connectivity index (χ1n) is 7.56. The van der Waals surface area contributed by atoms with Crippen molar-refractivity contribution in [2.45, 2.75) is 32.9 Å². The molecule has 122 valence electrons. The molecule has 2 heterocycles. The first-order valence-corrected chi connectivity index (χ1v) is 7.94. The van der Waals surface area contributed by atoms with Gasteiger partial charge in [-0.05, 0) is 31.0 Å². The molecule has 2 N–H and O–H groups in total. The van der Waals surface area contributed by atoms with Crippen LogP contribution in [0.5, 0.6) is 5.75 Å². The van der Waals surface area contributed by atoms with Gasteiger partial charge >= 0.3 is 5.97 Å². The van der Waals surface area contributed by atoms with Crippen molar-refractivity contribution in [2.75, 3.05) is 11.9 Å². The van der Waals surface area contributed by atoms with Crippen LogP contribution in [0.25, 0.3) is 0 Å². The molecule has 2 aromatic rings. The third-order valence-electron chi connectivity index (χ3n) is 3.90. The Kier molecular flexibility index (Phi) is 4.17. The normalized spacial score (nSPS) is 16.0. The lowest BCUT2D eigenvalue weighted by Gasteiger charge is -2.14. The fourth-order valence-electron chi connectivity index (χ4n) is 2.84. The van der Waals surface area contributed by atoms with Crippen molar-refractivity contribution in [3.05, 3.63) is 40.0 Å². The van der Waals surface area contributed by atoms with Crippen molar-refractivity contribution < 1.29 is 14.6 Å². The molecule has 0 saturated heterocycles. The average Bonchev–Trinajstić information content (AvgIpc) is 3.05. The van der Waals surface area contributed by atoms with E-state index in [0.717, 1.165) is 5.56 Å². The number of hydrogen-bond acceptors (Lipinski definition) is 4. The summed E-state index contributed by atoms with van der Waals surface area (Å²) in [4.78, 5) is 11.5. The van der Waals surface area contributed by atoms with Crippen LogP contribution in [-0.2, 0) is 13.0 Å². The van der Waals surface area contributed by atoms with Gasteiger partial charge in [-0.15, -0.1) is 0 Å². The van der Waals surface area contributed by atoms with Crippen LogP contribution in [0.2, 0.25) is 5.02 Å². The van der Waals surface area contributed by atoms with Gasteiger partial charge in [0.05, 0.1) is 29.9 Å². The number of ether oxygens (including phenoxy) is 1. The van der Waals surface area contributed by atoms with E-state index in [0.29, 0.717) is 41.9 Å². The summed E-state index contributed by atoms with van der Waals surface area (Å²) in [6.45, 7) is 4.92. The molecule has 0 fully saturated rings. The molecule has 1 aliphatic heterocycles. The van der Waals surface area contributed by atoms with E-state index in [1.807, 2.05) is 32.0 Å². The van der Waals surface area contributed by atoms with E-state index in [9.17, 15) is 9.90 Å².